The Labute approximate surface area is 169 Å². The number of benzene rings is 1. The van der Waals surface area contributed by atoms with Crippen LogP contribution in [-0.2, 0) is 0 Å². The molecule has 1 amide bonds. The maximum absolute atomic E-state index is 13.2. The molecule has 1 fully saturated rings. The van der Waals surface area contributed by atoms with E-state index in [-0.39, 0.29) is 11.8 Å². The van der Waals surface area contributed by atoms with Gasteiger partial charge < -0.3 is 4.90 Å². The molecule has 4 heterocycles. The number of H-pyrrole nitrogens is 1. The van der Waals surface area contributed by atoms with Crippen LogP contribution in [0.3, 0.4) is 0 Å². The third kappa shape index (κ3) is 3.20. The Morgan fingerprint density at radius 1 is 1.14 bits per heavy atom. The van der Waals surface area contributed by atoms with E-state index in [4.69, 9.17) is 0 Å². The van der Waals surface area contributed by atoms with Gasteiger partial charge in [0, 0.05) is 36.5 Å². The third-order valence-corrected chi connectivity index (χ3v) is 5.78. The highest BCUT2D eigenvalue weighted by atomic mass is 16.2. The van der Waals surface area contributed by atoms with Crippen LogP contribution < -0.4 is 0 Å². The van der Waals surface area contributed by atoms with Crippen LogP contribution in [0.2, 0.25) is 0 Å². The van der Waals surface area contributed by atoms with Crippen molar-refractivity contribution >= 4 is 11.6 Å². The molecule has 1 saturated heterocycles. The summed E-state index contributed by atoms with van der Waals surface area (Å²) in [5.41, 5.74) is 6.04. The number of aryl methyl sites for hydroxylation is 1. The maximum atomic E-state index is 13.2. The number of likely N-dealkylation sites (tertiary alicyclic amines) is 1. The normalized spacial score (nSPS) is 17.0. The molecule has 3 aromatic heterocycles. The van der Waals surface area contributed by atoms with Gasteiger partial charge in [0.25, 0.3) is 5.91 Å². The van der Waals surface area contributed by atoms with E-state index >= 15 is 0 Å². The van der Waals surface area contributed by atoms with E-state index in [0.29, 0.717) is 12.2 Å². The minimum Gasteiger partial charge on any atom is -0.337 e. The van der Waals surface area contributed by atoms with Gasteiger partial charge in [0.2, 0.25) is 0 Å². The van der Waals surface area contributed by atoms with E-state index in [1.165, 1.54) is 5.56 Å². The van der Waals surface area contributed by atoms with E-state index in [2.05, 4.69) is 46.4 Å². The minimum atomic E-state index is 0.0322. The lowest BCUT2D eigenvalue weighted by molar-refractivity contribution is 0.0699. The first-order valence-electron chi connectivity index (χ1n) is 10.0. The Bertz CT molecular complexity index is 1160. The van der Waals surface area contributed by atoms with Gasteiger partial charge in [-0.3, -0.25) is 14.3 Å². The summed E-state index contributed by atoms with van der Waals surface area (Å²) in [7, 11) is 0. The zero-order valence-corrected chi connectivity index (χ0v) is 16.4. The highest BCUT2D eigenvalue weighted by molar-refractivity contribution is 5.93. The number of nitrogens with one attached hydrogen (secondary N) is 1. The van der Waals surface area contributed by atoms with E-state index in [1.807, 2.05) is 39.9 Å². The van der Waals surface area contributed by atoms with Gasteiger partial charge >= 0.3 is 0 Å². The number of fused-ring (bicyclic) bond motifs is 1. The van der Waals surface area contributed by atoms with Crippen LogP contribution in [0.25, 0.3) is 16.8 Å². The van der Waals surface area contributed by atoms with Gasteiger partial charge in [-0.05, 0) is 37.5 Å². The highest BCUT2D eigenvalue weighted by Crippen LogP contribution is 2.33. The molecule has 1 aliphatic rings. The highest BCUT2D eigenvalue weighted by Gasteiger charge is 2.29. The average Bonchev–Trinajstić information content (AvgIpc) is 3.41. The number of imidazole rings is 1. The zero-order valence-electron chi connectivity index (χ0n) is 16.4. The maximum Gasteiger partial charge on any atom is 0.272 e. The van der Waals surface area contributed by atoms with Gasteiger partial charge in [0.05, 0.1) is 12.4 Å². The number of nitrogens with zero attached hydrogens (tertiary/aromatic N) is 4. The van der Waals surface area contributed by atoms with Crippen molar-refractivity contribution < 1.29 is 4.79 Å². The summed E-state index contributed by atoms with van der Waals surface area (Å²) in [4.78, 5) is 19.5. The molecule has 1 aromatic carbocycles. The summed E-state index contributed by atoms with van der Waals surface area (Å²) in [6, 6.07) is 14.3. The van der Waals surface area contributed by atoms with Crippen LogP contribution in [0.1, 0.15) is 40.5 Å². The summed E-state index contributed by atoms with van der Waals surface area (Å²) in [5, 5.41) is 7.52. The Morgan fingerprint density at radius 2 is 2.00 bits per heavy atom. The number of hydrogen-bond acceptors (Lipinski definition) is 3. The summed E-state index contributed by atoms with van der Waals surface area (Å²) < 4.78 is 1.86. The lowest BCUT2D eigenvalue weighted by Gasteiger charge is -2.32. The molecule has 29 heavy (non-hydrogen) atoms. The summed E-state index contributed by atoms with van der Waals surface area (Å²) in [5.74, 6) is 0.274. The molecule has 6 heteroatoms. The number of pyridine rings is 1. The number of aromatic nitrogens is 4. The van der Waals surface area contributed by atoms with Gasteiger partial charge in [-0.15, -0.1) is 0 Å². The molecule has 5 rings (SSSR count). The van der Waals surface area contributed by atoms with Crippen molar-refractivity contribution in [1.29, 1.82) is 0 Å². The Hall–Kier alpha value is -3.41. The summed E-state index contributed by atoms with van der Waals surface area (Å²) in [6.07, 6.45) is 7.47. The fourth-order valence-electron chi connectivity index (χ4n) is 4.22. The van der Waals surface area contributed by atoms with Gasteiger partial charge in [-0.1, -0.05) is 35.9 Å². The molecule has 0 spiro atoms. The third-order valence-electron chi connectivity index (χ3n) is 5.78. The van der Waals surface area contributed by atoms with Crippen LogP contribution in [0.15, 0.2) is 61.1 Å². The van der Waals surface area contributed by atoms with Gasteiger partial charge in [-0.25, -0.2) is 4.98 Å². The van der Waals surface area contributed by atoms with Crippen molar-refractivity contribution in [3.63, 3.8) is 0 Å². The smallest absolute Gasteiger partial charge is 0.272 e. The van der Waals surface area contributed by atoms with Crippen LogP contribution in [-0.4, -0.2) is 43.5 Å². The lowest BCUT2D eigenvalue weighted by atomic mass is 9.90. The van der Waals surface area contributed by atoms with E-state index in [9.17, 15) is 4.79 Å². The number of aromatic amines is 1. The quantitative estimate of drug-likeness (QED) is 0.578. The van der Waals surface area contributed by atoms with Gasteiger partial charge in [-0.2, -0.15) is 5.10 Å². The molecule has 6 nitrogen and oxygen atoms in total. The summed E-state index contributed by atoms with van der Waals surface area (Å²) in [6.45, 7) is 3.54. The number of hydrogen-bond donors (Lipinski definition) is 1. The van der Waals surface area contributed by atoms with Crippen LogP contribution in [0.4, 0.5) is 0 Å². The molecule has 0 unspecified atom stereocenters. The van der Waals surface area contributed by atoms with Crippen molar-refractivity contribution in [1.82, 2.24) is 24.5 Å². The average molecular weight is 385 g/mol. The van der Waals surface area contributed by atoms with Gasteiger partial charge in [0.1, 0.15) is 11.3 Å². The first kappa shape index (κ1) is 17.7. The van der Waals surface area contributed by atoms with Crippen molar-refractivity contribution in [3.05, 3.63) is 78.0 Å². The van der Waals surface area contributed by atoms with E-state index in [1.54, 1.807) is 6.20 Å². The van der Waals surface area contributed by atoms with E-state index < -0.39 is 0 Å². The van der Waals surface area contributed by atoms with E-state index in [0.717, 1.165) is 41.9 Å². The molecular formula is C23H23N5O. The monoisotopic (exact) mass is 385 g/mol. The number of amides is 1. The second-order valence-electron chi connectivity index (χ2n) is 7.73. The van der Waals surface area contributed by atoms with Crippen LogP contribution in [0.5, 0.6) is 0 Å². The SMILES string of the molecule is Cc1ccc(-c2cn[nH]c2[C@H]2CCCN(C(=O)c3cnc4ccccn34)C2)cc1. The number of carbonyl (C=O) groups is 1. The molecule has 1 atom stereocenters. The van der Waals surface area contributed by atoms with Crippen molar-refractivity contribution in [2.24, 2.45) is 0 Å². The zero-order chi connectivity index (χ0) is 19.8. The Kier molecular flexibility index (Phi) is 4.39. The largest absolute Gasteiger partial charge is 0.337 e. The number of rotatable bonds is 3. The number of carbonyl (C=O) groups excluding carboxylic acids is 1. The topological polar surface area (TPSA) is 66.3 Å². The molecule has 0 bridgehead atoms. The van der Waals surface area contributed by atoms with Crippen molar-refractivity contribution in [2.75, 3.05) is 13.1 Å². The molecule has 0 radical (unpaired) electrons. The molecule has 146 valence electrons. The molecule has 1 aliphatic heterocycles. The lowest BCUT2D eigenvalue weighted by Crippen LogP contribution is -2.39. The molecular weight excluding hydrogens is 362 g/mol. The second-order valence-corrected chi connectivity index (χ2v) is 7.73. The standard InChI is InChI=1S/C23H23N5O/c1-16-7-9-17(10-8-16)19-13-25-26-22(19)18-5-4-11-27(15-18)23(29)20-14-24-21-6-2-3-12-28(20)21/h2-3,6-10,12-14,18H,4-5,11,15H2,1H3,(H,25,26)/t18-/m0/s1. The molecule has 0 aliphatic carbocycles. The predicted molar refractivity (Wildman–Crippen MR) is 112 cm³/mol. The fraction of sp³-hybridized carbons (Fsp3) is 0.261. The first-order chi connectivity index (χ1) is 14.2. The Morgan fingerprint density at radius 3 is 2.86 bits per heavy atom. The van der Waals surface area contributed by atoms with Crippen molar-refractivity contribution in [3.8, 4) is 11.1 Å². The summed E-state index contributed by atoms with van der Waals surface area (Å²) >= 11 is 0. The Balaban J connectivity index is 1.41. The van der Waals surface area contributed by atoms with Crippen LogP contribution >= 0.6 is 0 Å². The van der Waals surface area contributed by atoms with Crippen molar-refractivity contribution in [2.45, 2.75) is 25.7 Å². The first-order valence-corrected chi connectivity index (χ1v) is 10.0. The second kappa shape index (κ2) is 7.20. The molecule has 1 N–H and O–H groups in total. The molecule has 4 aromatic rings. The molecule has 0 saturated carbocycles. The predicted octanol–water partition coefficient (Wildman–Crippen LogP) is 4.05. The van der Waals surface area contributed by atoms with Gasteiger partial charge in [0.15, 0.2) is 0 Å². The fourth-order valence-corrected chi connectivity index (χ4v) is 4.22. The number of piperidine rings is 1. The minimum absolute atomic E-state index is 0.0322. The van der Waals surface area contributed by atoms with Crippen LogP contribution in [0, 0.1) is 6.92 Å².